The molecule has 4 nitrogen and oxygen atoms in total. The molecule has 0 saturated heterocycles. The lowest BCUT2D eigenvalue weighted by Crippen LogP contribution is -2.11. The van der Waals surface area contributed by atoms with Crippen LogP contribution in [0.4, 0.5) is 0 Å². The van der Waals surface area contributed by atoms with E-state index in [-0.39, 0.29) is 4.90 Å². The molecule has 5 heteroatoms. The van der Waals surface area contributed by atoms with Crippen molar-refractivity contribution in [2.75, 3.05) is 0 Å². The summed E-state index contributed by atoms with van der Waals surface area (Å²) in [5.74, 6) is 0. The van der Waals surface area contributed by atoms with Crippen molar-refractivity contribution in [1.82, 2.24) is 8.96 Å². The highest BCUT2D eigenvalue weighted by Gasteiger charge is 2.18. The Kier molecular flexibility index (Phi) is 2.64. The van der Waals surface area contributed by atoms with E-state index >= 15 is 0 Å². The van der Waals surface area contributed by atoms with E-state index in [1.54, 1.807) is 30.3 Å². The molecule has 0 bridgehead atoms. The van der Waals surface area contributed by atoms with Gasteiger partial charge in [-0.1, -0.05) is 24.3 Å². The maximum Gasteiger partial charge on any atom is 0.269 e. The third-order valence-corrected chi connectivity index (χ3v) is 4.65. The number of aryl methyl sites for hydroxylation is 1. The first-order chi connectivity index (χ1) is 9.09. The molecule has 0 unspecified atom stereocenters. The minimum Gasteiger partial charge on any atom is -0.236 e. The molecule has 96 valence electrons. The zero-order valence-corrected chi connectivity index (χ0v) is 11.1. The summed E-state index contributed by atoms with van der Waals surface area (Å²) in [6, 6.07) is 13.9. The number of fused-ring (bicyclic) bond motifs is 1. The van der Waals surface area contributed by atoms with Crippen LogP contribution in [0.25, 0.3) is 11.0 Å². The lowest BCUT2D eigenvalue weighted by Gasteiger charge is -2.06. The van der Waals surface area contributed by atoms with E-state index in [2.05, 4.69) is 4.98 Å². The molecule has 0 N–H and O–H groups in total. The van der Waals surface area contributed by atoms with Crippen LogP contribution in [-0.2, 0) is 10.0 Å². The third kappa shape index (κ3) is 1.92. The molecule has 0 aliphatic rings. The standard InChI is InChI=1S/C14H12N2O2S/c1-11-7-8-13-14(9-11)16(10-15-13)19(17,18)12-5-3-2-4-6-12/h2-10H,1H3. The predicted octanol–water partition coefficient (Wildman–Crippen LogP) is 2.58. The lowest BCUT2D eigenvalue weighted by molar-refractivity contribution is 0.588. The number of rotatable bonds is 2. The second kappa shape index (κ2) is 4.20. The zero-order chi connectivity index (χ0) is 13.5. The quantitative estimate of drug-likeness (QED) is 0.720. The van der Waals surface area contributed by atoms with Gasteiger partial charge in [-0.05, 0) is 36.8 Å². The van der Waals surface area contributed by atoms with Gasteiger partial charge in [-0.15, -0.1) is 0 Å². The van der Waals surface area contributed by atoms with Crippen LogP contribution in [0.3, 0.4) is 0 Å². The minimum atomic E-state index is -3.58. The molecular formula is C14H12N2O2S. The van der Waals surface area contributed by atoms with Crippen molar-refractivity contribution in [2.45, 2.75) is 11.8 Å². The molecule has 1 heterocycles. The summed E-state index contributed by atoms with van der Waals surface area (Å²) in [6.45, 7) is 1.92. The van der Waals surface area contributed by atoms with Crippen LogP contribution in [0.15, 0.2) is 59.8 Å². The monoisotopic (exact) mass is 272 g/mol. The van der Waals surface area contributed by atoms with Crippen molar-refractivity contribution >= 4 is 21.1 Å². The largest absolute Gasteiger partial charge is 0.269 e. The molecular weight excluding hydrogens is 260 g/mol. The van der Waals surface area contributed by atoms with E-state index in [1.165, 1.54) is 10.3 Å². The molecule has 0 amide bonds. The Bertz CT molecular complexity index is 836. The van der Waals surface area contributed by atoms with Gasteiger partial charge >= 0.3 is 0 Å². The summed E-state index contributed by atoms with van der Waals surface area (Å²) in [5, 5.41) is 0. The van der Waals surface area contributed by atoms with Crippen molar-refractivity contribution in [1.29, 1.82) is 0 Å². The Morgan fingerprint density at radius 2 is 1.79 bits per heavy atom. The van der Waals surface area contributed by atoms with E-state index in [0.29, 0.717) is 11.0 Å². The molecule has 0 radical (unpaired) electrons. The van der Waals surface area contributed by atoms with Gasteiger partial charge in [0, 0.05) is 0 Å². The summed E-state index contributed by atoms with van der Waals surface area (Å²) in [5.41, 5.74) is 2.27. The number of benzene rings is 2. The fourth-order valence-corrected chi connectivity index (χ4v) is 3.30. The smallest absolute Gasteiger partial charge is 0.236 e. The normalized spacial score (nSPS) is 11.8. The van der Waals surface area contributed by atoms with Gasteiger partial charge in [-0.2, -0.15) is 0 Å². The Morgan fingerprint density at radius 3 is 2.53 bits per heavy atom. The van der Waals surface area contributed by atoms with Gasteiger partial charge in [-0.25, -0.2) is 17.4 Å². The summed E-state index contributed by atoms with van der Waals surface area (Å²) < 4.78 is 26.3. The highest BCUT2D eigenvalue weighted by Crippen LogP contribution is 2.20. The first-order valence-electron chi connectivity index (χ1n) is 5.83. The molecule has 3 rings (SSSR count). The molecule has 0 aliphatic carbocycles. The minimum absolute atomic E-state index is 0.260. The predicted molar refractivity (Wildman–Crippen MR) is 73.5 cm³/mol. The van der Waals surface area contributed by atoms with E-state index in [4.69, 9.17) is 0 Å². The van der Waals surface area contributed by atoms with Gasteiger partial charge < -0.3 is 0 Å². The van der Waals surface area contributed by atoms with Crippen LogP contribution in [0.2, 0.25) is 0 Å². The van der Waals surface area contributed by atoms with Crippen molar-refractivity contribution in [3.8, 4) is 0 Å². The van der Waals surface area contributed by atoms with Crippen LogP contribution in [0.1, 0.15) is 5.56 Å². The van der Waals surface area contributed by atoms with Gasteiger partial charge in [0.1, 0.15) is 6.33 Å². The maximum atomic E-state index is 12.5. The van der Waals surface area contributed by atoms with E-state index in [1.807, 2.05) is 25.1 Å². The van der Waals surface area contributed by atoms with Gasteiger partial charge in [-0.3, -0.25) is 0 Å². The molecule has 19 heavy (non-hydrogen) atoms. The summed E-state index contributed by atoms with van der Waals surface area (Å²) in [4.78, 5) is 4.40. The number of aromatic nitrogens is 2. The van der Waals surface area contributed by atoms with Gasteiger partial charge in [0.2, 0.25) is 0 Å². The second-order valence-electron chi connectivity index (χ2n) is 4.35. The van der Waals surface area contributed by atoms with Crippen molar-refractivity contribution < 1.29 is 8.42 Å². The van der Waals surface area contributed by atoms with E-state index in [9.17, 15) is 8.42 Å². The molecule has 0 fully saturated rings. The lowest BCUT2D eigenvalue weighted by atomic mass is 10.2. The van der Waals surface area contributed by atoms with Crippen LogP contribution < -0.4 is 0 Å². The third-order valence-electron chi connectivity index (χ3n) is 2.97. The van der Waals surface area contributed by atoms with Crippen LogP contribution in [0.5, 0.6) is 0 Å². The topological polar surface area (TPSA) is 52.0 Å². The molecule has 0 aliphatic heterocycles. The first-order valence-corrected chi connectivity index (χ1v) is 7.27. The molecule has 1 aromatic heterocycles. The Balaban J connectivity index is 2.28. The van der Waals surface area contributed by atoms with E-state index < -0.39 is 10.0 Å². The van der Waals surface area contributed by atoms with Crippen molar-refractivity contribution in [3.05, 3.63) is 60.4 Å². The van der Waals surface area contributed by atoms with Crippen molar-refractivity contribution in [3.63, 3.8) is 0 Å². The van der Waals surface area contributed by atoms with Crippen molar-refractivity contribution in [2.24, 2.45) is 0 Å². The fourth-order valence-electron chi connectivity index (χ4n) is 1.99. The molecule has 3 aromatic rings. The maximum absolute atomic E-state index is 12.5. The average molecular weight is 272 g/mol. The van der Waals surface area contributed by atoms with Gasteiger partial charge in [0.05, 0.1) is 15.9 Å². The molecule has 0 atom stereocenters. The summed E-state index contributed by atoms with van der Waals surface area (Å²) in [6.07, 6.45) is 1.35. The first kappa shape index (κ1) is 11.9. The second-order valence-corrected chi connectivity index (χ2v) is 6.17. The molecule has 0 saturated carbocycles. The van der Waals surface area contributed by atoms with Gasteiger partial charge in [0.25, 0.3) is 10.0 Å². The van der Waals surface area contributed by atoms with Crippen LogP contribution in [0, 0.1) is 6.92 Å². The number of imidazole rings is 1. The Morgan fingerprint density at radius 1 is 1.05 bits per heavy atom. The fraction of sp³-hybridized carbons (Fsp3) is 0.0714. The summed E-state index contributed by atoms with van der Waals surface area (Å²) >= 11 is 0. The average Bonchev–Trinajstić information content (AvgIpc) is 2.83. The molecule has 2 aromatic carbocycles. The number of hydrogen-bond donors (Lipinski definition) is 0. The summed E-state index contributed by atoms with van der Waals surface area (Å²) in [7, 11) is -3.58. The van der Waals surface area contributed by atoms with Crippen LogP contribution in [-0.4, -0.2) is 17.4 Å². The molecule has 0 spiro atoms. The van der Waals surface area contributed by atoms with Gasteiger partial charge in [0.15, 0.2) is 0 Å². The Labute approximate surface area is 111 Å². The number of hydrogen-bond acceptors (Lipinski definition) is 3. The number of nitrogens with zero attached hydrogens (tertiary/aromatic N) is 2. The highest BCUT2D eigenvalue weighted by atomic mass is 32.2. The SMILES string of the molecule is Cc1ccc2ncn(S(=O)(=O)c3ccccc3)c2c1. The van der Waals surface area contributed by atoms with Crippen LogP contribution >= 0.6 is 0 Å². The van der Waals surface area contributed by atoms with E-state index in [0.717, 1.165) is 5.56 Å². The zero-order valence-electron chi connectivity index (χ0n) is 10.3. The highest BCUT2D eigenvalue weighted by molar-refractivity contribution is 7.90. The Hall–Kier alpha value is -2.14.